The van der Waals surface area contributed by atoms with Crippen molar-refractivity contribution in [3.63, 3.8) is 0 Å². The van der Waals surface area contributed by atoms with Gasteiger partial charge in [-0.3, -0.25) is 0 Å². The molecule has 0 N–H and O–H groups in total. The van der Waals surface area contributed by atoms with Gasteiger partial charge in [0.15, 0.2) is 0 Å². The maximum absolute atomic E-state index is 12.9. The minimum absolute atomic E-state index is 0.225. The molecule has 0 spiro atoms. The van der Waals surface area contributed by atoms with Crippen molar-refractivity contribution in [2.75, 3.05) is 0 Å². The number of alkyl halides is 6. The number of rotatable bonds is 4. The molecular formula is C20H22F6O2SiZr. The van der Waals surface area contributed by atoms with Crippen LogP contribution in [0.5, 0.6) is 11.5 Å². The van der Waals surface area contributed by atoms with E-state index in [4.69, 9.17) is 5.63 Å². The van der Waals surface area contributed by atoms with Crippen LogP contribution in [0.2, 0.25) is 13.1 Å². The second-order valence-corrected chi connectivity index (χ2v) is 32.1. The summed E-state index contributed by atoms with van der Waals surface area (Å²) >= 11 is -4.80. The van der Waals surface area contributed by atoms with E-state index >= 15 is 0 Å². The first-order chi connectivity index (χ1) is 13.8. The Morgan fingerprint density at radius 1 is 0.667 bits per heavy atom. The molecule has 30 heavy (non-hydrogen) atoms. The fraction of sp³-hybridized carbons (Fsp3) is 0.300. The molecule has 0 aromatic heterocycles. The van der Waals surface area contributed by atoms with Gasteiger partial charge in [0.25, 0.3) is 0 Å². The van der Waals surface area contributed by atoms with Crippen LogP contribution in [0.3, 0.4) is 0 Å². The number of halogens is 6. The van der Waals surface area contributed by atoms with E-state index in [1.165, 1.54) is 24.3 Å². The molecule has 10 heteroatoms. The van der Waals surface area contributed by atoms with Gasteiger partial charge in [0.2, 0.25) is 0 Å². The summed E-state index contributed by atoms with van der Waals surface area (Å²) in [4.78, 5) is 0. The zero-order valence-corrected chi connectivity index (χ0v) is 20.3. The Bertz CT molecular complexity index is 1060. The molecule has 0 fully saturated rings. The van der Waals surface area contributed by atoms with Crippen LogP contribution < -0.4 is 5.63 Å². The molecule has 164 valence electrons. The predicted octanol–water partition coefficient (Wildman–Crippen LogP) is 6.60. The van der Waals surface area contributed by atoms with E-state index in [-0.39, 0.29) is 11.5 Å². The Labute approximate surface area is 172 Å². The Hall–Kier alpha value is -1.54. The second-order valence-electron chi connectivity index (χ2n) is 7.04. The van der Waals surface area contributed by atoms with Gasteiger partial charge in [-0.05, 0) is 0 Å². The van der Waals surface area contributed by atoms with E-state index < -0.39 is 46.2 Å². The molecule has 2 nitrogen and oxygen atoms in total. The Morgan fingerprint density at radius 3 is 1.17 bits per heavy atom. The van der Waals surface area contributed by atoms with Crippen LogP contribution >= 0.6 is 0 Å². The number of benzene rings is 2. The SMILES string of the molecule is C[CH]=[Zr](=[CH]C)([O]c1ccc(C(F)(F)F)cc1)([O]c1ccc(C(F)(F)F)cc1)=[Si](C)C. The third kappa shape index (κ3) is 5.02. The van der Waals surface area contributed by atoms with Crippen LogP contribution in [0.4, 0.5) is 26.3 Å². The summed E-state index contributed by atoms with van der Waals surface area (Å²) in [7, 11) is 0. The van der Waals surface area contributed by atoms with Gasteiger partial charge < -0.3 is 0 Å². The molecule has 0 aliphatic heterocycles. The molecule has 2 aromatic carbocycles. The second kappa shape index (κ2) is 8.54. The van der Waals surface area contributed by atoms with Crippen LogP contribution in [0, 0.1) is 0 Å². The Kier molecular flexibility index (Phi) is 7.04. The summed E-state index contributed by atoms with van der Waals surface area (Å²) in [6.07, 6.45) is -8.93. The van der Waals surface area contributed by atoms with Gasteiger partial charge in [-0.1, -0.05) is 0 Å². The Morgan fingerprint density at radius 2 is 0.967 bits per heavy atom. The quantitative estimate of drug-likeness (QED) is 0.330. The molecule has 0 unspecified atom stereocenters. The summed E-state index contributed by atoms with van der Waals surface area (Å²) in [6.45, 7) is 7.45. The van der Waals surface area contributed by atoms with Gasteiger partial charge in [0.05, 0.1) is 0 Å². The van der Waals surface area contributed by atoms with E-state index in [2.05, 4.69) is 0 Å². The van der Waals surface area contributed by atoms with Crippen molar-refractivity contribution >= 4 is 12.9 Å². The topological polar surface area (TPSA) is 18.5 Å². The van der Waals surface area contributed by atoms with E-state index in [1.54, 1.807) is 13.8 Å². The Balaban J connectivity index is 2.56. The van der Waals surface area contributed by atoms with Crippen LogP contribution in [0.1, 0.15) is 25.0 Å². The fourth-order valence-corrected chi connectivity index (χ4v) is 22.7. The molecule has 0 heterocycles. The molecule has 2 aromatic rings. The summed E-state index contributed by atoms with van der Waals surface area (Å²) < 4.78 is 93.5. The molecule has 0 radical (unpaired) electrons. The average molecular weight is 528 g/mol. The van der Waals surface area contributed by atoms with Gasteiger partial charge in [0, 0.05) is 0 Å². The zero-order valence-electron chi connectivity index (χ0n) is 16.9. The third-order valence-corrected chi connectivity index (χ3v) is 34.8. The first kappa shape index (κ1) is 24.7. The summed E-state index contributed by atoms with van der Waals surface area (Å²) in [6, 6.07) is 8.69. The summed E-state index contributed by atoms with van der Waals surface area (Å²) in [5, 5.41) is 0. The van der Waals surface area contributed by atoms with Crippen molar-refractivity contribution in [2.24, 2.45) is 0 Å². The molecule has 0 aliphatic carbocycles. The van der Waals surface area contributed by atoms with E-state index in [1.807, 2.05) is 20.5 Å². The molecule has 0 atom stereocenters. The maximum atomic E-state index is 12.9. The molecule has 0 bridgehead atoms. The standard InChI is InChI=1S/2C7H5F3O.C2H6Si.2C2H4.Zr/c2*8-7(9,10)5-1-3-6(11)4-2-5;1-3-2;2*1-2;/h2*1-4,11H;1-2H3;2*1H,2H3;/q;;;;;+2/p-2. The first-order valence-corrected chi connectivity index (χ1v) is 20.1. The summed E-state index contributed by atoms with van der Waals surface area (Å²) in [5.74, 6) is 0.450. The van der Waals surface area contributed by atoms with E-state index in [0.717, 1.165) is 24.3 Å². The normalized spacial score (nSPS) is 12.1. The van der Waals surface area contributed by atoms with E-state index in [0.29, 0.717) is 0 Å². The third-order valence-electron chi connectivity index (χ3n) is 5.10. The van der Waals surface area contributed by atoms with Gasteiger partial charge in [-0.2, -0.15) is 0 Å². The zero-order chi connectivity index (χ0) is 22.8. The van der Waals surface area contributed by atoms with Crippen molar-refractivity contribution in [3.05, 3.63) is 59.7 Å². The van der Waals surface area contributed by atoms with Gasteiger partial charge in [-0.25, -0.2) is 0 Å². The van der Waals surface area contributed by atoms with Crippen molar-refractivity contribution in [3.8, 4) is 11.5 Å². The summed E-state index contributed by atoms with van der Waals surface area (Å²) in [5.41, 5.74) is -2.95. The molecule has 0 saturated carbocycles. The number of hydrogen-bond donors (Lipinski definition) is 0. The van der Waals surface area contributed by atoms with Crippen LogP contribution in [-0.4, -0.2) is 12.9 Å². The fourth-order valence-electron chi connectivity index (χ4n) is 3.11. The first-order valence-electron chi connectivity index (χ1n) is 9.08. The van der Waals surface area contributed by atoms with Crippen LogP contribution in [0.25, 0.3) is 0 Å². The molecule has 2 rings (SSSR count). The van der Waals surface area contributed by atoms with Gasteiger partial charge in [-0.15, -0.1) is 0 Å². The predicted molar refractivity (Wildman–Crippen MR) is 105 cm³/mol. The van der Waals surface area contributed by atoms with Crippen molar-refractivity contribution in [1.82, 2.24) is 0 Å². The van der Waals surface area contributed by atoms with Crippen molar-refractivity contribution in [2.45, 2.75) is 39.3 Å². The van der Waals surface area contributed by atoms with Gasteiger partial charge >= 0.3 is 173 Å². The minimum atomic E-state index is -4.80. The molecule has 0 aliphatic rings. The molecule has 0 amide bonds. The molecular weight excluding hydrogens is 506 g/mol. The van der Waals surface area contributed by atoms with E-state index in [9.17, 15) is 26.3 Å². The van der Waals surface area contributed by atoms with Crippen LogP contribution in [0.15, 0.2) is 48.5 Å². The molecule has 0 saturated heterocycles. The monoisotopic (exact) mass is 526 g/mol. The van der Waals surface area contributed by atoms with Crippen LogP contribution in [-0.2, 0) is 29.7 Å². The van der Waals surface area contributed by atoms with Crippen molar-refractivity contribution < 1.29 is 49.3 Å². The number of hydrogen-bond acceptors (Lipinski definition) is 2. The average Bonchev–Trinajstić information content (AvgIpc) is 2.67. The van der Waals surface area contributed by atoms with Gasteiger partial charge in [0.1, 0.15) is 0 Å². The van der Waals surface area contributed by atoms with Crippen molar-refractivity contribution in [1.29, 1.82) is 0 Å².